The molecule has 8 nitrogen and oxygen atoms in total. The molecule has 0 aromatic heterocycles. The van der Waals surface area contributed by atoms with Gasteiger partial charge >= 0.3 is 6.03 Å². The third kappa shape index (κ3) is 7.10. The molecule has 2 aromatic carbocycles. The first-order valence-electron chi connectivity index (χ1n) is 11.6. The smallest absolute Gasteiger partial charge is 0.328 e. The molecule has 0 bridgehead atoms. The lowest BCUT2D eigenvalue weighted by atomic mass is 9.96. The lowest BCUT2D eigenvalue weighted by Crippen LogP contribution is -2.45. The number of hydrogen-bond donors (Lipinski definition) is 3. The van der Waals surface area contributed by atoms with Crippen LogP contribution >= 0.6 is 11.6 Å². The van der Waals surface area contributed by atoms with Gasteiger partial charge in [0.15, 0.2) is 0 Å². The number of halogens is 1. The number of rotatable bonds is 8. The standard InChI is InChI=1S/C23H28ClN3O5S/c1-32-21-12-9-17(24)15-20(21)22(28)25-14-13-16-7-10-19(11-8-16)33(30,31)27-23(29)26-18-5-3-2-4-6-18/h7-12,15,18H,2-6,13-14H2,1H3,(H,25,28)(H2,26,27,29)/i5D2. The second kappa shape index (κ2) is 11.4. The van der Waals surface area contributed by atoms with Crippen LogP contribution in [0.2, 0.25) is 5.02 Å². The first-order valence-corrected chi connectivity index (χ1v) is 12.4. The summed E-state index contributed by atoms with van der Waals surface area (Å²) in [6.45, 7) is 0.296. The van der Waals surface area contributed by atoms with Gasteiger partial charge in [-0.1, -0.05) is 43.0 Å². The van der Waals surface area contributed by atoms with E-state index in [0.717, 1.165) is 18.4 Å². The van der Waals surface area contributed by atoms with Gasteiger partial charge in [0.05, 0.1) is 17.6 Å². The second-order valence-corrected chi connectivity index (χ2v) is 9.69. The zero-order chi connectivity index (χ0) is 25.6. The van der Waals surface area contributed by atoms with E-state index in [0.29, 0.717) is 42.1 Å². The van der Waals surface area contributed by atoms with Crippen molar-refractivity contribution < 1.29 is 25.5 Å². The average Bonchev–Trinajstić information content (AvgIpc) is 2.80. The van der Waals surface area contributed by atoms with Crippen molar-refractivity contribution in [3.8, 4) is 5.75 Å². The van der Waals surface area contributed by atoms with Crippen molar-refractivity contribution in [1.29, 1.82) is 0 Å². The Morgan fingerprint density at radius 2 is 1.91 bits per heavy atom. The molecular weight excluding hydrogens is 466 g/mol. The van der Waals surface area contributed by atoms with Gasteiger partial charge < -0.3 is 15.4 Å². The van der Waals surface area contributed by atoms with E-state index in [1.807, 2.05) is 4.72 Å². The molecule has 0 aliphatic heterocycles. The van der Waals surface area contributed by atoms with Gasteiger partial charge in [0.1, 0.15) is 5.75 Å². The van der Waals surface area contributed by atoms with Crippen LogP contribution in [0.15, 0.2) is 47.4 Å². The zero-order valence-corrected chi connectivity index (χ0v) is 19.8. The Balaban J connectivity index is 1.53. The maximum Gasteiger partial charge on any atom is 0.328 e. The molecule has 0 radical (unpaired) electrons. The predicted molar refractivity (Wildman–Crippen MR) is 126 cm³/mol. The third-order valence-corrected chi connectivity index (χ3v) is 6.76. The van der Waals surface area contributed by atoms with Crippen molar-refractivity contribution in [3.63, 3.8) is 0 Å². The molecule has 1 unspecified atom stereocenters. The van der Waals surface area contributed by atoms with Crippen LogP contribution in [0.4, 0.5) is 4.79 Å². The van der Waals surface area contributed by atoms with Gasteiger partial charge in [0, 0.05) is 20.4 Å². The first-order chi connectivity index (χ1) is 16.5. The molecule has 3 amide bonds. The summed E-state index contributed by atoms with van der Waals surface area (Å²) < 4.78 is 48.2. The van der Waals surface area contributed by atoms with Crippen LogP contribution < -0.4 is 20.1 Å². The number of sulfonamides is 1. The molecule has 0 spiro atoms. The quantitative estimate of drug-likeness (QED) is 0.517. The Morgan fingerprint density at radius 1 is 1.15 bits per heavy atom. The predicted octanol–water partition coefficient (Wildman–Crippen LogP) is 3.64. The van der Waals surface area contributed by atoms with Crippen LogP contribution in [0.1, 0.15) is 50.7 Å². The summed E-state index contributed by atoms with van der Waals surface area (Å²) in [5.74, 6) is 0.0544. The van der Waals surface area contributed by atoms with Crippen molar-refractivity contribution in [2.45, 2.75) is 49.4 Å². The Bertz CT molecular complexity index is 1180. The van der Waals surface area contributed by atoms with E-state index >= 15 is 0 Å². The van der Waals surface area contributed by atoms with Gasteiger partial charge in [-0.3, -0.25) is 4.79 Å². The van der Waals surface area contributed by atoms with E-state index in [4.69, 9.17) is 19.1 Å². The Labute approximate surface area is 201 Å². The molecule has 1 atom stereocenters. The van der Waals surface area contributed by atoms with Crippen LogP contribution in [-0.4, -0.2) is 40.1 Å². The van der Waals surface area contributed by atoms with Gasteiger partial charge in [0.2, 0.25) is 0 Å². The van der Waals surface area contributed by atoms with Crippen LogP contribution in [0.5, 0.6) is 5.75 Å². The Morgan fingerprint density at radius 3 is 2.61 bits per heavy atom. The van der Waals surface area contributed by atoms with E-state index in [2.05, 4.69) is 10.6 Å². The lowest BCUT2D eigenvalue weighted by molar-refractivity contribution is 0.0951. The number of methoxy groups -OCH3 is 1. The zero-order valence-electron chi connectivity index (χ0n) is 20.2. The highest BCUT2D eigenvalue weighted by Gasteiger charge is 2.21. The topological polar surface area (TPSA) is 114 Å². The van der Waals surface area contributed by atoms with E-state index in [-0.39, 0.29) is 10.8 Å². The summed E-state index contributed by atoms with van der Waals surface area (Å²) in [5, 5.41) is 5.63. The highest BCUT2D eigenvalue weighted by molar-refractivity contribution is 7.90. The number of carbonyl (C=O) groups excluding carboxylic acids is 2. The van der Waals surface area contributed by atoms with Gasteiger partial charge in [-0.25, -0.2) is 17.9 Å². The van der Waals surface area contributed by atoms with E-state index in [1.54, 1.807) is 24.3 Å². The molecule has 0 heterocycles. The minimum atomic E-state index is -4.13. The van der Waals surface area contributed by atoms with Gasteiger partial charge in [-0.15, -0.1) is 0 Å². The van der Waals surface area contributed by atoms with E-state index in [1.165, 1.54) is 25.3 Å². The highest BCUT2D eigenvalue weighted by atomic mass is 35.5. The fraction of sp³-hybridized carbons (Fsp3) is 0.391. The number of amides is 3. The SMILES string of the molecule is [2H]C1([2H])CCCCC1NC(=O)NS(=O)(=O)c1ccc(CCNC(=O)c2cc(Cl)ccc2OC)cc1. The van der Waals surface area contributed by atoms with Crippen LogP contribution in [-0.2, 0) is 16.4 Å². The molecular formula is C23H28ClN3O5S. The summed E-state index contributed by atoms with van der Waals surface area (Å²) in [4.78, 5) is 24.6. The molecule has 1 fully saturated rings. The van der Waals surface area contributed by atoms with Crippen molar-refractivity contribution in [3.05, 3.63) is 58.6 Å². The highest BCUT2D eigenvalue weighted by Crippen LogP contribution is 2.22. The number of hydrogen-bond acceptors (Lipinski definition) is 5. The minimum absolute atomic E-state index is 0.101. The van der Waals surface area contributed by atoms with Crippen molar-refractivity contribution in [2.75, 3.05) is 13.7 Å². The molecule has 10 heteroatoms. The largest absolute Gasteiger partial charge is 0.496 e. The summed E-state index contributed by atoms with van der Waals surface area (Å²) in [6, 6.07) is 8.98. The van der Waals surface area contributed by atoms with Gasteiger partial charge in [-0.2, -0.15) is 0 Å². The number of nitrogens with one attached hydrogen (secondary N) is 3. The van der Waals surface area contributed by atoms with E-state index < -0.39 is 28.5 Å². The Kier molecular flexibility index (Phi) is 7.60. The minimum Gasteiger partial charge on any atom is -0.496 e. The molecule has 1 aliphatic rings. The van der Waals surface area contributed by atoms with Gasteiger partial charge in [-0.05, 0) is 55.1 Å². The Hall–Kier alpha value is -2.78. The molecule has 1 saturated carbocycles. The number of urea groups is 1. The summed E-state index contributed by atoms with van der Waals surface area (Å²) in [7, 11) is -2.67. The average molecular weight is 496 g/mol. The van der Waals surface area contributed by atoms with Gasteiger partial charge in [0.25, 0.3) is 15.9 Å². The second-order valence-electron chi connectivity index (χ2n) is 7.58. The molecule has 1 aliphatic carbocycles. The van der Waals surface area contributed by atoms with Crippen LogP contribution in [0.25, 0.3) is 0 Å². The van der Waals surface area contributed by atoms with Crippen molar-refractivity contribution in [1.82, 2.24) is 15.4 Å². The lowest BCUT2D eigenvalue weighted by Gasteiger charge is -2.22. The number of carbonyl (C=O) groups is 2. The van der Waals surface area contributed by atoms with E-state index in [9.17, 15) is 18.0 Å². The fourth-order valence-corrected chi connectivity index (χ4v) is 4.54. The van der Waals surface area contributed by atoms with Crippen LogP contribution in [0.3, 0.4) is 0 Å². The monoisotopic (exact) mass is 495 g/mol. The normalized spacial score (nSPS) is 18.4. The maximum absolute atomic E-state index is 12.6. The van der Waals surface area contributed by atoms with Crippen molar-refractivity contribution in [2.24, 2.45) is 0 Å². The number of benzene rings is 2. The first kappa shape index (κ1) is 22.0. The van der Waals surface area contributed by atoms with Crippen LogP contribution in [0, 0.1) is 0 Å². The number of ether oxygens (including phenoxy) is 1. The fourth-order valence-electron chi connectivity index (χ4n) is 3.45. The molecule has 2 aromatic rings. The molecule has 3 N–H and O–H groups in total. The molecule has 0 saturated heterocycles. The van der Waals surface area contributed by atoms with Crippen molar-refractivity contribution >= 4 is 33.6 Å². The molecule has 33 heavy (non-hydrogen) atoms. The molecule has 3 rings (SSSR count). The summed E-state index contributed by atoms with van der Waals surface area (Å²) >= 11 is 5.96. The summed E-state index contributed by atoms with van der Waals surface area (Å²) in [5.41, 5.74) is 1.09. The maximum atomic E-state index is 12.6. The third-order valence-electron chi connectivity index (χ3n) is 5.18. The summed E-state index contributed by atoms with van der Waals surface area (Å²) in [6.07, 6.45) is 1.14. The molecule has 178 valence electrons.